The fourth-order valence-corrected chi connectivity index (χ4v) is 3.49. The molecule has 8 nitrogen and oxygen atoms in total. The van der Waals surface area contributed by atoms with Crippen LogP contribution in [0.1, 0.15) is 41.5 Å². The molecular formula is C15H24N4O4. The molecule has 0 bridgehead atoms. The van der Waals surface area contributed by atoms with Gasteiger partial charge in [0.1, 0.15) is 0 Å². The third kappa shape index (κ3) is 1.71. The molecule has 0 saturated carbocycles. The second kappa shape index (κ2) is 4.46. The molecule has 8 heteroatoms. The standard InChI is InChI=1S/C15H24N4O4/c1-9(20)18-11(22)16(7)14(5)15(18,6)19(12(23)17(14)8)10(21)13(2,3)4/h1-8H3/t14-,15+/m1/s1. The number of fused-ring (bicyclic) bond motifs is 1. The van der Waals surface area contributed by atoms with E-state index in [1.807, 2.05) is 0 Å². The second-order valence-corrected chi connectivity index (χ2v) is 7.47. The quantitative estimate of drug-likeness (QED) is 0.672. The van der Waals surface area contributed by atoms with Crippen LogP contribution < -0.4 is 0 Å². The van der Waals surface area contributed by atoms with Gasteiger partial charge in [-0.3, -0.25) is 9.59 Å². The summed E-state index contributed by atoms with van der Waals surface area (Å²) in [4.78, 5) is 55.2. The number of carbonyl (C=O) groups is 4. The monoisotopic (exact) mass is 324 g/mol. The Hall–Kier alpha value is -2.12. The fraction of sp³-hybridized carbons (Fsp3) is 0.733. The maximum Gasteiger partial charge on any atom is 0.330 e. The lowest BCUT2D eigenvalue weighted by Gasteiger charge is -2.43. The molecule has 2 fully saturated rings. The lowest BCUT2D eigenvalue weighted by Crippen LogP contribution is -2.66. The predicted octanol–water partition coefficient (Wildman–Crippen LogP) is 1.27. The number of nitrogens with zero attached hydrogens (tertiary/aromatic N) is 4. The minimum Gasteiger partial charge on any atom is -0.300 e. The van der Waals surface area contributed by atoms with E-state index in [0.29, 0.717) is 0 Å². The van der Waals surface area contributed by atoms with Crippen molar-refractivity contribution in [1.82, 2.24) is 19.6 Å². The van der Waals surface area contributed by atoms with Gasteiger partial charge in [0.15, 0.2) is 11.3 Å². The fourth-order valence-electron chi connectivity index (χ4n) is 3.49. The van der Waals surface area contributed by atoms with E-state index in [1.165, 1.54) is 30.8 Å². The Balaban J connectivity index is 2.76. The molecule has 0 spiro atoms. The van der Waals surface area contributed by atoms with Gasteiger partial charge < -0.3 is 9.80 Å². The Bertz CT molecular complexity index is 625. The lowest BCUT2D eigenvalue weighted by atomic mass is 9.90. The second-order valence-electron chi connectivity index (χ2n) is 7.47. The van der Waals surface area contributed by atoms with Gasteiger partial charge in [0.2, 0.25) is 11.8 Å². The Morgan fingerprint density at radius 1 is 0.870 bits per heavy atom. The van der Waals surface area contributed by atoms with Gasteiger partial charge >= 0.3 is 12.1 Å². The molecule has 0 aromatic rings. The van der Waals surface area contributed by atoms with Gasteiger partial charge in [-0.15, -0.1) is 0 Å². The first-order valence-corrected chi connectivity index (χ1v) is 7.45. The molecule has 2 heterocycles. The van der Waals surface area contributed by atoms with Crippen molar-refractivity contribution in [2.24, 2.45) is 5.41 Å². The van der Waals surface area contributed by atoms with Crippen molar-refractivity contribution >= 4 is 23.9 Å². The summed E-state index contributed by atoms with van der Waals surface area (Å²) in [6.45, 7) is 9.61. The predicted molar refractivity (Wildman–Crippen MR) is 81.9 cm³/mol. The molecule has 2 aliphatic rings. The molecule has 2 saturated heterocycles. The summed E-state index contributed by atoms with van der Waals surface area (Å²) < 4.78 is 0. The van der Waals surface area contributed by atoms with Crippen molar-refractivity contribution in [2.75, 3.05) is 14.1 Å². The number of carbonyl (C=O) groups excluding carboxylic acids is 4. The third-order valence-corrected chi connectivity index (χ3v) is 5.19. The molecule has 2 aliphatic heterocycles. The highest BCUT2D eigenvalue weighted by Gasteiger charge is 2.75. The molecule has 6 amide bonds. The Labute approximate surface area is 136 Å². The number of urea groups is 2. The van der Waals surface area contributed by atoms with E-state index in [1.54, 1.807) is 34.6 Å². The first-order chi connectivity index (χ1) is 10.2. The summed E-state index contributed by atoms with van der Waals surface area (Å²) in [6, 6.07) is -1.06. The Morgan fingerprint density at radius 3 is 1.61 bits per heavy atom. The van der Waals surface area contributed by atoms with Crippen molar-refractivity contribution in [3.8, 4) is 0 Å². The van der Waals surface area contributed by atoms with Crippen molar-refractivity contribution in [3.63, 3.8) is 0 Å². The Kier molecular flexibility index (Phi) is 3.34. The molecule has 2 atom stereocenters. The molecule has 23 heavy (non-hydrogen) atoms. The van der Waals surface area contributed by atoms with Gasteiger partial charge in [-0.05, 0) is 13.8 Å². The summed E-state index contributed by atoms with van der Waals surface area (Å²) in [6.07, 6.45) is 0. The average molecular weight is 324 g/mol. The van der Waals surface area contributed by atoms with Crippen LogP contribution in [0.4, 0.5) is 9.59 Å². The zero-order chi connectivity index (χ0) is 18.1. The van der Waals surface area contributed by atoms with E-state index in [4.69, 9.17) is 0 Å². The van der Waals surface area contributed by atoms with Crippen molar-refractivity contribution in [1.29, 1.82) is 0 Å². The van der Waals surface area contributed by atoms with Crippen LogP contribution >= 0.6 is 0 Å². The lowest BCUT2D eigenvalue weighted by molar-refractivity contribution is -0.151. The summed E-state index contributed by atoms with van der Waals surface area (Å²) in [5, 5.41) is 0. The average Bonchev–Trinajstić information content (AvgIpc) is 2.65. The smallest absolute Gasteiger partial charge is 0.300 e. The zero-order valence-corrected chi connectivity index (χ0v) is 14.9. The molecule has 0 radical (unpaired) electrons. The van der Waals surface area contributed by atoms with E-state index >= 15 is 0 Å². The minimum atomic E-state index is -1.42. The normalized spacial score (nSPS) is 31.1. The highest BCUT2D eigenvalue weighted by atomic mass is 16.2. The third-order valence-electron chi connectivity index (χ3n) is 5.19. The number of amides is 6. The number of hydrogen-bond acceptors (Lipinski definition) is 4. The van der Waals surface area contributed by atoms with Gasteiger partial charge in [0, 0.05) is 26.4 Å². The molecule has 0 aromatic heterocycles. The van der Waals surface area contributed by atoms with Gasteiger partial charge in [-0.25, -0.2) is 19.4 Å². The summed E-state index contributed by atoms with van der Waals surface area (Å²) >= 11 is 0. The van der Waals surface area contributed by atoms with E-state index in [-0.39, 0.29) is 0 Å². The molecule has 0 N–H and O–H groups in total. The van der Waals surface area contributed by atoms with Crippen LogP contribution in [0.5, 0.6) is 0 Å². The van der Waals surface area contributed by atoms with Crippen LogP contribution in [0.25, 0.3) is 0 Å². The largest absolute Gasteiger partial charge is 0.330 e. The van der Waals surface area contributed by atoms with E-state index < -0.39 is 40.6 Å². The van der Waals surface area contributed by atoms with Crippen LogP contribution in [0.3, 0.4) is 0 Å². The first kappa shape index (κ1) is 17.2. The van der Waals surface area contributed by atoms with Gasteiger partial charge in [0.05, 0.1) is 0 Å². The molecule has 2 rings (SSSR count). The SMILES string of the molecule is CC(=O)N1C(=O)N(C)[C@]2(C)N(C)C(=O)N(C(=O)C(C)(C)C)[C@]12C. The van der Waals surface area contributed by atoms with Crippen LogP contribution in [0, 0.1) is 5.41 Å². The number of likely N-dealkylation sites (N-methyl/N-ethyl adjacent to an activating group) is 2. The maximum atomic E-state index is 12.9. The zero-order valence-electron chi connectivity index (χ0n) is 14.9. The minimum absolute atomic E-state index is 0.435. The van der Waals surface area contributed by atoms with Crippen LogP contribution in [0.2, 0.25) is 0 Å². The summed E-state index contributed by atoms with van der Waals surface area (Å²) in [5.74, 6) is -0.946. The van der Waals surface area contributed by atoms with E-state index in [2.05, 4.69) is 0 Å². The Morgan fingerprint density at radius 2 is 1.26 bits per heavy atom. The van der Waals surface area contributed by atoms with E-state index in [9.17, 15) is 19.2 Å². The topological polar surface area (TPSA) is 81.2 Å². The maximum absolute atomic E-state index is 12.9. The summed E-state index contributed by atoms with van der Waals surface area (Å²) in [5.41, 5.74) is -3.40. The molecule has 0 aromatic carbocycles. The molecule has 128 valence electrons. The number of rotatable bonds is 0. The van der Waals surface area contributed by atoms with E-state index in [0.717, 1.165) is 9.80 Å². The highest BCUT2D eigenvalue weighted by molar-refractivity contribution is 6.05. The van der Waals surface area contributed by atoms with Crippen LogP contribution in [0.15, 0.2) is 0 Å². The van der Waals surface area contributed by atoms with Crippen LogP contribution in [-0.2, 0) is 9.59 Å². The number of hydrogen-bond donors (Lipinski definition) is 0. The van der Waals surface area contributed by atoms with Crippen molar-refractivity contribution < 1.29 is 19.2 Å². The number of imide groups is 2. The van der Waals surface area contributed by atoms with Gasteiger partial charge in [0.25, 0.3) is 0 Å². The first-order valence-electron chi connectivity index (χ1n) is 7.45. The highest BCUT2D eigenvalue weighted by Crippen LogP contribution is 2.51. The van der Waals surface area contributed by atoms with Crippen LogP contribution in [-0.4, -0.2) is 68.9 Å². The van der Waals surface area contributed by atoms with Gasteiger partial charge in [-0.2, -0.15) is 0 Å². The van der Waals surface area contributed by atoms with Crippen molar-refractivity contribution in [2.45, 2.75) is 52.9 Å². The van der Waals surface area contributed by atoms with Crippen molar-refractivity contribution in [3.05, 3.63) is 0 Å². The van der Waals surface area contributed by atoms with Gasteiger partial charge in [-0.1, -0.05) is 20.8 Å². The summed E-state index contributed by atoms with van der Waals surface area (Å²) in [7, 11) is 3.06. The molecular weight excluding hydrogens is 300 g/mol. The molecule has 0 unspecified atom stereocenters. The molecule has 0 aliphatic carbocycles.